The van der Waals surface area contributed by atoms with E-state index in [1.54, 1.807) is 0 Å². The molecule has 0 saturated heterocycles. The van der Waals surface area contributed by atoms with E-state index >= 15 is 0 Å². The molecule has 0 aliphatic rings. The molecular weight excluding hydrogens is 338 g/mol. The quantitative estimate of drug-likeness (QED) is 0.861. The lowest BCUT2D eigenvalue weighted by atomic mass is 10.1. The van der Waals surface area contributed by atoms with Gasteiger partial charge in [-0.25, -0.2) is 0 Å². The lowest BCUT2D eigenvalue weighted by molar-refractivity contribution is -0.121. The van der Waals surface area contributed by atoms with Crippen LogP contribution in [0.5, 0.6) is 0 Å². The number of carbonyl (C=O) groups is 1. The highest BCUT2D eigenvalue weighted by Crippen LogP contribution is 2.16. The van der Waals surface area contributed by atoms with Gasteiger partial charge in [-0.05, 0) is 42.3 Å². The summed E-state index contributed by atoms with van der Waals surface area (Å²) in [6, 6.07) is 15.2. The van der Waals surface area contributed by atoms with E-state index in [1.165, 1.54) is 0 Å². The molecule has 2 rings (SSSR count). The molecule has 0 unspecified atom stereocenters. The maximum absolute atomic E-state index is 12.0. The zero-order valence-electron chi connectivity index (χ0n) is 11.1. The van der Waals surface area contributed by atoms with Gasteiger partial charge < -0.3 is 5.32 Å². The van der Waals surface area contributed by atoms with Gasteiger partial charge in [0, 0.05) is 9.50 Å². The first kappa shape index (κ1) is 15.1. The van der Waals surface area contributed by atoms with E-state index in [9.17, 15) is 4.79 Å². The van der Waals surface area contributed by atoms with Gasteiger partial charge >= 0.3 is 0 Å². The summed E-state index contributed by atoms with van der Waals surface area (Å²) in [6.45, 7) is 1.96. The van der Waals surface area contributed by atoms with Crippen LogP contribution in [0.2, 0.25) is 5.02 Å². The minimum atomic E-state index is -0.0322. The maximum atomic E-state index is 12.0. The van der Waals surface area contributed by atoms with E-state index in [4.69, 9.17) is 11.6 Å². The fraction of sp³-hybridized carbons (Fsp3) is 0.188. The molecule has 4 heteroatoms. The van der Waals surface area contributed by atoms with Gasteiger partial charge in [-0.2, -0.15) is 0 Å². The van der Waals surface area contributed by atoms with E-state index in [-0.39, 0.29) is 11.9 Å². The summed E-state index contributed by atoms with van der Waals surface area (Å²) >= 11 is 9.23. The van der Waals surface area contributed by atoms with Gasteiger partial charge in [0.15, 0.2) is 0 Å². The topological polar surface area (TPSA) is 29.1 Å². The van der Waals surface area contributed by atoms with E-state index < -0.39 is 0 Å². The van der Waals surface area contributed by atoms with Crippen LogP contribution in [0.25, 0.3) is 0 Å². The molecule has 1 atom stereocenters. The van der Waals surface area contributed by atoms with Gasteiger partial charge in [-0.1, -0.05) is 51.8 Å². The molecule has 0 saturated carbocycles. The molecule has 2 aromatic rings. The molecule has 0 aliphatic carbocycles. The molecule has 2 aromatic carbocycles. The highest BCUT2D eigenvalue weighted by molar-refractivity contribution is 9.10. The third-order valence-electron chi connectivity index (χ3n) is 3.03. The first-order valence-electron chi connectivity index (χ1n) is 6.34. The van der Waals surface area contributed by atoms with Crippen molar-refractivity contribution in [3.63, 3.8) is 0 Å². The predicted molar refractivity (Wildman–Crippen MR) is 85.9 cm³/mol. The Kier molecular flexibility index (Phi) is 5.21. The van der Waals surface area contributed by atoms with Gasteiger partial charge in [0.05, 0.1) is 12.5 Å². The number of benzene rings is 2. The summed E-state index contributed by atoms with van der Waals surface area (Å²) in [7, 11) is 0. The molecule has 0 fully saturated rings. The zero-order valence-corrected chi connectivity index (χ0v) is 13.4. The highest BCUT2D eigenvalue weighted by atomic mass is 79.9. The van der Waals surface area contributed by atoms with Crippen LogP contribution < -0.4 is 5.32 Å². The Labute approximate surface area is 132 Å². The monoisotopic (exact) mass is 351 g/mol. The van der Waals surface area contributed by atoms with Crippen molar-refractivity contribution in [2.75, 3.05) is 0 Å². The molecule has 0 aromatic heterocycles. The molecule has 2 nitrogen and oxygen atoms in total. The molecule has 1 N–H and O–H groups in total. The number of carbonyl (C=O) groups excluding carboxylic acids is 1. The van der Waals surface area contributed by atoms with Crippen LogP contribution >= 0.6 is 27.5 Å². The third kappa shape index (κ3) is 4.36. The normalized spacial score (nSPS) is 11.9. The SMILES string of the molecule is C[C@H](NC(=O)Cc1ccc(Br)cc1)c1ccc(Cl)cc1. The van der Waals surface area contributed by atoms with E-state index in [1.807, 2.05) is 55.5 Å². The Morgan fingerprint density at radius 1 is 1.15 bits per heavy atom. The van der Waals surface area contributed by atoms with Gasteiger partial charge in [-0.3, -0.25) is 4.79 Å². The van der Waals surface area contributed by atoms with Crippen LogP contribution in [-0.2, 0) is 11.2 Å². The summed E-state index contributed by atoms with van der Waals surface area (Å²) in [5.74, 6) is 0.00905. The van der Waals surface area contributed by atoms with E-state index in [0.29, 0.717) is 11.4 Å². The number of nitrogens with one attached hydrogen (secondary N) is 1. The van der Waals surface area contributed by atoms with Crippen LogP contribution in [0, 0.1) is 0 Å². The van der Waals surface area contributed by atoms with Crippen LogP contribution in [0.3, 0.4) is 0 Å². The smallest absolute Gasteiger partial charge is 0.224 e. The van der Waals surface area contributed by atoms with Crippen LogP contribution in [0.1, 0.15) is 24.1 Å². The van der Waals surface area contributed by atoms with Crippen molar-refractivity contribution < 1.29 is 4.79 Å². The molecule has 0 heterocycles. The summed E-state index contributed by atoms with van der Waals surface area (Å²) in [5.41, 5.74) is 2.03. The Balaban J connectivity index is 1.93. The van der Waals surface area contributed by atoms with Crippen molar-refractivity contribution in [2.24, 2.45) is 0 Å². The van der Waals surface area contributed by atoms with Crippen molar-refractivity contribution in [2.45, 2.75) is 19.4 Å². The molecule has 20 heavy (non-hydrogen) atoms. The number of amides is 1. The molecule has 0 bridgehead atoms. The zero-order chi connectivity index (χ0) is 14.5. The number of hydrogen-bond acceptors (Lipinski definition) is 1. The first-order chi connectivity index (χ1) is 9.54. The average molecular weight is 353 g/mol. The number of halogens is 2. The van der Waals surface area contributed by atoms with Crippen molar-refractivity contribution in [1.82, 2.24) is 5.32 Å². The van der Waals surface area contributed by atoms with E-state index in [0.717, 1.165) is 15.6 Å². The van der Waals surface area contributed by atoms with Crippen LogP contribution in [0.15, 0.2) is 53.0 Å². The Bertz CT molecular complexity index is 580. The highest BCUT2D eigenvalue weighted by Gasteiger charge is 2.10. The largest absolute Gasteiger partial charge is 0.349 e. The Morgan fingerprint density at radius 3 is 2.35 bits per heavy atom. The Hall–Kier alpha value is -1.32. The second-order valence-electron chi connectivity index (χ2n) is 4.64. The minimum absolute atomic E-state index is 0.00905. The molecule has 0 radical (unpaired) electrons. The molecule has 104 valence electrons. The average Bonchev–Trinajstić information content (AvgIpc) is 2.42. The van der Waals surface area contributed by atoms with E-state index in [2.05, 4.69) is 21.2 Å². The standard InChI is InChI=1S/C16H15BrClNO/c1-11(13-4-8-15(18)9-5-13)19-16(20)10-12-2-6-14(17)7-3-12/h2-9,11H,10H2,1H3,(H,19,20)/t11-/m0/s1. The lowest BCUT2D eigenvalue weighted by Gasteiger charge is -2.14. The fourth-order valence-corrected chi connectivity index (χ4v) is 2.31. The van der Waals surface area contributed by atoms with Gasteiger partial charge in [0.1, 0.15) is 0 Å². The van der Waals surface area contributed by atoms with Crippen LogP contribution in [0.4, 0.5) is 0 Å². The second kappa shape index (κ2) is 6.91. The van der Waals surface area contributed by atoms with Crippen molar-refractivity contribution >= 4 is 33.4 Å². The third-order valence-corrected chi connectivity index (χ3v) is 3.81. The van der Waals surface area contributed by atoms with Gasteiger partial charge in [0.25, 0.3) is 0 Å². The molecular formula is C16H15BrClNO. The van der Waals surface area contributed by atoms with Crippen molar-refractivity contribution in [3.8, 4) is 0 Å². The maximum Gasteiger partial charge on any atom is 0.224 e. The molecule has 0 aliphatic heterocycles. The van der Waals surface area contributed by atoms with Crippen molar-refractivity contribution in [1.29, 1.82) is 0 Å². The summed E-state index contributed by atoms with van der Waals surface area (Å²) in [4.78, 5) is 12.0. The van der Waals surface area contributed by atoms with Gasteiger partial charge in [-0.15, -0.1) is 0 Å². The van der Waals surface area contributed by atoms with Gasteiger partial charge in [0.2, 0.25) is 5.91 Å². The fourth-order valence-electron chi connectivity index (χ4n) is 1.91. The summed E-state index contributed by atoms with van der Waals surface area (Å²) in [5, 5.41) is 3.68. The van der Waals surface area contributed by atoms with Crippen LogP contribution in [-0.4, -0.2) is 5.91 Å². The summed E-state index contributed by atoms with van der Waals surface area (Å²) < 4.78 is 1.01. The second-order valence-corrected chi connectivity index (χ2v) is 6.00. The lowest BCUT2D eigenvalue weighted by Crippen LogP contribution is -2.28. The number of hydrogen-bond donors (Lipinski definition) is 1. The first-order valence-corrected chi connectivity index (χ1v) is 7.51. The predicted octanol–water partition coefficient (Wildman–Crippen LogP) is 4.52. The Morgan fingerprint density at radius 2 is 1.75 bits per heavy atom. The molecule has 1 amide bonds. The van der Waals surface area contributed by atoms with Crippen molar-refractivity contribution in [3.05, 3.63) is 69.2 Å². The minimum Gasteiger partial charge on any atom is -0.349 e. The number of rotatable bonds is 4. The molecule has 0 spiro atoms. The summed E-state index contributed by atoms with van der Waals surface area (Å²) in [6.07, 6.45) is 0.380.